The van der Waals surface area contributed by atoms with E-state index in [0.29, 0.717) is 11.3 Å². The number of halogens is 1. The van der Waals surface area contributed by atoms with E-state index in [1.165, 1.54) is 13.0 Å². The lowest BCUT2D eigenvalue weighted by molar-refractivity contribution is 0.101. The minimum atomic E-state index is -0.314. The molecular formula is C16H23FN2O2. The molecule has 1 saturated heterocycles. The van der Waals surface area contributed by atoms with Crippen LogP contribution in [0.2, 0.25) is 0 Å². The summed E-state index contributed by atoms with van der Waals surface area (Å²) in [6, 6.07) is 4.74. The highest BCUT2D eigenvalue weighted by Gasteiger charge is 2.19. The Morgan fingerprint density at radius 2 is 2.00 bits per heavy atom. The van der Waals surface area contributed by atoms with E-state index in [0.717, 1.165) is 45.9 Å². The van der Waals surface area contributed by atoms with Crippen LogP contribution < -0.4 is 4.90 Å². The minimum Gasteiger partial charge on any atom is -0.380 e. The average molecular weight is 294 g/mol. The van der Waals surface area contributed by atoms with Gasteiger partial charge in [0.05, 0.1) is 12.3 Å². The normalized spacial score (nSPS) is 16.2. The quantitative estimate of drug-likeness (QED) is 0.595. The van der Waals surface area contributed by atoms with Crippen molar-refractivity contribution in [1.82, 2.24) is 4.90 Å². The predicted octanol–water partition coefficient (Wildman–Crippen LogP) is 2.19. The molecule has 0 saturated carbocycles. The minimum absolute atomic E-state index is 0.110. The number of nitrogens with zero attached hydrogens (tertiary/aromatic N) is 2. The Kier molecular flexibility index (Phi) is 5.70. The summed E-state index contributed by atoms with van der Waals surface area (Å²) in [6.45, 7) is 9.25. The first-order chi connectivity index (χ1) is 10.1. The molecule has 4 nitrogen and oxygen atoms in total. The molecule has 1 aromatic carbocycles. The second-order valence-corrected chi connectivity index (χ2v) is 5.25. The molecule has 0 spiro atoms. The zero-order valence-electron chi connectivity index (χ0n) is 12.8. The summed E-state index contributed by atoms with van der Waals surface area (Å²) in [7, 11) is 0. The number of rotatable bonds is 6. The van der Waals surface area contributed by atoms with Crippen LogP contribution >= 0.6 is 0 Å². The summed E-state index contributed by atoms with van der Waals surface area (Å²) in [4.78, 5) is 15.6. The third-order valence-electron chi connectivity index (χ3n) is 3.82. The Morgan fingerprint density at radius 3 is 2.57 bits per heavy atom. The highest BCUT2D eigenvalue weighted by Crippen LogP contribution is 2.22. The first kappa shape index (κ1) is 15.9. The number of ketones is 1. The van der Waals surface area contributed by atoms with Crippen LogP contribution in [-0.2, 0) is 4.74 Å². The van der Waals surface area contributed by atoms with Gasteiger partial charge in [0.2, 0.25) is 0 Å². The van der Waals surface area contributed by atoms with Gasteiger partial charge in [-0.2, -0.15) is 0 Å². The highest BCUT2D eigenvalue weighted by molar-refractivity contribution is 5.94. The molecule has 0 amide bonds. The summed E-state index contributed by atoms with van der Waals surface area (Å²) in [5, 5.41) is 0. The van der Waals surface area contributed by atoms with Crippen LogP contribution in [0.3, 0.4) is 0 Å². The lowest BCUT2D eigenvalue weighted by atomic mass is 10.1. The molecule has 21 heavy (non-hydrogen) atoms. The van der Waals surface area contributed by atoms with Crippen molar-refractivity contribution >= 4 is 11.5 Å². The molecule has 5 heteroatoms. The van der Waals surface area contributed by atoms with Crippen LogP contribution in [0, 0.1) is 5.82 Å². The Bertz CT molecular complexity index is 485. The maximum atomic E-state index is 14.1. The molecule has 1 aliphatic heterocycles. The van der Waals surface area contributed by atoms with E-state index in [1.54, 1.807) is 12.1 Å². The maximum Gasteiger partial charge on any atom is 0.159 e. The number of anilines is 1. The SMILES string of the molecule is CCOCCN1CCN(c2ccc(C(C)=O)cc2F)CC1. The number of Topliss-reactive ketones (excluding diaryl/α,β-unsaturated/α-hetero) is 1. The zero-order valence-corrected chi connectivity index (χ0v) is 12.8. The van der Waals surface area contributed by atoms with Crippen molar-refractivity contribution in [3.05, 3.63) is 29.6 Å². The van der Waals surface area contributed by atoms with E-state index in [9.17, 15) is 9.18 Å². The summed E-state index contributed by atoms with van der Waals surface area (Å²) >= 11 is 0. The second kappa shape index (κ2) is 7.52. The van der Waals surface area contributed by atoms with Gasteiger partial charge in [-0.3, -0.25) is 9.69 Å². The summed E-state index contributed by atoms with van der Waals surface area (Å²) in [5.41, 5.74) is 1.01. The zero-order chi connectivity index (χ0) is 15.2. The number of piperazine rings is 1. The van der Waals surface area contributed by atoms with Gasteiger partial charge in [0.1, 0.15) is 5.82 Å². The second-order valence-electron chi connectivity index (χ2n) is 5.25. The molecule has 0 radical (unpaired) electrons. The molecule has 116 valence electrons. The number of ether oxygens (including phenoxy) is 1. The highest BCUT2D eigenvalue weighted by atomic mass is 19.1. The molecule has 0 bridgehead atoms. The van der Waals surface area contributed by atoms with E-state index in [4.69, 9.17) is 4.74 Å². The molecule has 1 fully saturated rings. The van der Waals surface area contributed by atoms with Crippen LogP contribution in [-0.4, -0.2) is 56.6 Å². The predicted molar refractivity (Wildman–Crippen MR) is 81.6 cm³/mol. The van der Waals surface area contributed by atoms with Crippen molar-refractivity contribution in [2.75, 3.05) is 50.8 Å². The Morgan fingerprint density at radius 1 is 1.29 bits per heavy atom. The van der Waals surface area contributed by atoms with Gasteiger partial charge in [-0.15, -0.1) is 0 Å². The van der Waals surface area contributed by atoms with Crippen LogP contribution in [0.25, 0.3) is 0 Å². The Labute approximate surface area is 125 Å². The number of hydrogen-bond donors (Lipinski definition) is 0. The van der Waals surface area contributed by atoms with Crippen LogP contribution in [0.4, 0.5) is 10.1 Å². The molecule has 1 aromatic rings. The molecular weight excluding hydrogens is 271 g/mol. The van der Waals surface area contributed by atoms with E-state index in [2.05, 4.69) is 4.90 Å². The van der Waals surface area contributed by atoms with Crippen molar-refractivity contribution in [3.8, 4) is 0 Å². The van der Waals surface area contributed by atoms with Crippen molar-refractivity contribution in [2.45, 2.75) is 13.8 Å². The molecule has 1 heterocycles. The lowest BCUT2D eigenvalue weighted by Crippen LogP contribution is -2.47. The fourth-order valence-electron chi connectivity index (χ4n) is 2.53. The maximum absolute atomic E-state index is 14.1. The van der Waals surface area contributed by atoms with Gasteiger partial charge in [-0.05, 0) is 32.0 Å². The number of carbonyl (C=O) groups excluding carboxylic acids is 1. The van der Waals surface area contributed by atoms with Crippen molar-refractivity contribution in [1.29, 1.82) is 0 Å². The van der Waals surface area contributed by atoms with Gasteiger partial charge in [0, 0.05) is 44.9 Å². The van der Waals surface area contributed by atoms with E-state index < -0.39 is 0 Å². The third kappa shape index (κ3) is 4.25. The molecule has 0 unspecified atom stereocenters. The van der Waals surface area contributed by atoms with E-state index in [1.807, 2.05) is 11.8 Å². The first-order valence-electron chi connectivity index (χ1n) is 7.47. The number of hydrogen-bond acceptors (Lipinski definition) is 4. The average Bonchev–Trinajstić information content (AvgIpc) is 2.48. The lowest BCUT2D eigenvalue weighted by Gasteiger charge is -2.36. The summed E-state index contributed by atoms with van der Waals surface area (Å²) in [6.07, 6.45) is 0. The van der Waals surface area contributed by atoms with Gasteiger partial charge in [0.15, 0.2) is 5.78 Å². The van der Waals surface area contributed by atoms with Gasteiger partial charge in [-0.1, -0.05) is 0 Å². The Hall–Kier alpha value is -1.46. The van der Waals surface area contributed by atoms with Crippen LogP contribution in [0.1, 0.15) is 24.2 Å². The topological polar surface area (TPSA) is 32.8 Å². The molecule has 1 aliphatic rings. The smallest absolute Gasteiger partial charge is 0.159 e. The number of carbonyl (C=O) groups is 1. The standard InChI is InChI=1S/C16H23FN2O2/c1-3-21-11-10-18-6-8-19(9-7-18)16-5-4-14(13(2)20)12-15(16)17/h4-5,12H,3,6-11H2,1-2H3. The molecule has 2 rings (SSSR count). The monoisotopic (exact) mass is 294 g/mol. The van der Waals surface area contributed by atoms with Crippen molar-refractivity contribution in [3.63, 3.8) is 0 Å². The molecule has 0 aliphatic carbocycles. The summed E-state index contributed by atoms with van der Waals surface area (Å²) < 4.78 is 19.5. The Balaban J connectivity index is 1.91. The van der Waals surface area contributed by atoms with Crippen molar-refractivity contribution < 1.29 is 13.9 Å². The van der Waals surface area contributed by atoms with Gasteiger partial charge < -0.3 is 9.64 Å². The van der Waals surface area contributed by atoms with E-state index in [-0.39, 0.29) is 11.6 Å². The van der Waals surface area contributed by atoms with Crippen LogP contribution in [0.15, 0.2) is 18.2 Å². The van der Waals surface area contributed by atoms with Gasteiger partial charge in [-0.25, -0.2) is 4.39 Å². The number of benzene rings is 1. The fraction of sp³-hybridized carbons (Fsp3) is 0.562. The third-order valence-corrected chi connectivity index (χ3v) is 3.82. The van der Waals surface area contributed by atoms with Gasteiger partial charge >= 0.3 is 0 Å². The fourth-order valence-corrected chi connectivity index (χ4v) is 2.53. The molecule has 0 N–H and O–H groups in total. The van der Waals surface area contributed by atoms with Crippen LogP contribution in [0.5, 0.6) is 0 Å². The largest absolute Gasteiger partial charge is 0.380 e. The summed E-state index contributed by atoms with van der Waals surface area (Å²) in [5.74, 6) is -0.424. The van der Waals surface area contributed by atoms with Crippen molar-refractivity contribution in [2.24, 2.45) is 0 Å². The van der Waals surface area contributed by atoms with E-state index >= 15 is 0 Å². The first-order valence-corrected chi connectivity index (χ1v) is 7.47. The molecule has 0 atom stereocenters. The van der Waals surface area contributed by atoms with Gasteiger partial charge in [0.25, 0.3) is 0 Å². The molecule has 0 aromatic heterocycles.